The van der Waals surface area contributed by atoms with Gasteiger partial charge >= 0.3 is 0 Å². The minimum atomic E-state index is -4.27. The molecule has 0 unspecified atom stereocenters. The van der Waals surface area contributed by atoms with Crippen molar-refractivity contribution in [2.24, 2.45) is 0 Å². The Morgan fingerprint density at radius 2 is 2.06 bits per heavy atom. The van der Waals surface area contributed by atoms with Crippen LogP contribution in [0.3, 0.4) is 0 Å². The van der Waals surface area contributed by atoms with Crippen LogP contribution in [-0.4, -0.2) is 13.3 Å². The summed E-state index contributed by atoms with van der Waals surface area (Å²) in [6.07, 6.45) is 0. The molecule has 0 amide bonds. The molecule has 90 valence electrons. The predicted molar refractivity (Wildman–Crippen MR) is 60.4 cm³/mol. The molecule has 9 heteroatoms. The zero-order valence-electron chi connectivity index (χ0n) is 8.05. The number of nitro groups is 1. The Morgan fingerprint density at radius 3 is 2.41 bits per heavy atom. The van der Waals surface area contributed by atoms with Crippen molar-refractivity contribution >= 4 is 37.0 Å². The largest absolute Gasteiger partial charge is 0.290 e. The second kappa shape index (κ2) is 4.87. The van der Waals surface area contributed by atoms with Crippen LogP contribution in [0.25, 0.3) is 0 Å². The Bertz CT molecular complexity index is 621. The van der Waals surface area contributed by atoms with E-state index >= 15 is 0 Å². The molecule has 0 heterocycles. The Kier molecular flexibility index (Phi) is 3.93. The van der Waals surface area contributed by atoms with Gasteiger partial charge in [0.1, 0.15) is 0 Å². The molecule has 1 aromatic rings. The first-order chi connectivity index (χ1) is 7.81. The van der Waals surface area contributed by atoms with Crippen molar-refractivity contribution in [1.29, 1.82) is 5.26 Å². The number of hydrogen-bond donors (Lipinski definition) is 0. The van der Waals surface area contributed by atoms with E-state index in [4.69, 9.17) is 27.5 Å². The minimum Gasteiger partial charge on any atom is -0.258 e. The Hall–Kier alpha value is -1.36. The van der Waals surface area contributed by atoms with E-state index in [0.29, 0.717) is 0 Å². The van der Waals surface area contributed by atoms with Crippen LogP contribution in [-0.2, 0) is 14.9 Å². The second-order valence-electron chi connectivity index (χ2n) is 2.92. The molecular weight excluding hydrogens is 291 g/mol. The minimum absolute atomic E-state index is 0.0595. The van der Waals surface area contributed by atoms with Gasteiger partial charge in [-0.25, -0.2) is 8.42 Å². The average molecular weight is 295 g/mol. The van der Waals surface area contributed by atoms with Gasteiger partial charge in [-0.1, -0.05) is 0 Å². The third kappa shape index (κ3) is 2.85. The van der Waals surface area contributed by atoms with Crippen molar-refractivity contribution in [3.63, 3.8) is 0 Å². The van der Waals surface area contributed by atoms with E-state index in [2.05, 4.69) is 0 Å². The van der Waals surface area contributed by atoms with Crippen LogP contribution in [0.15, 0.2) is 17.0 Å². The molecule has 1 aromatic carbocycles. The molecule has 1 rings (SSSR count). The molecule has 0 aliphatic carbocycles. The summed E-state index contributed by atoms with van der Waals surface area (Å²) >= 11 is 5.51. The van der Waals surface area contributed by atoms with Crippen molar-refractivity contribution in [1.82, 2.24) is 0 Å². The van der Waals surface area contributed by atoms with Gasteiger partial charge in [0.25, 0.3) is 14.7 Å². The first-order valence-electron chi connectivity index (χ1n) is 4.03. The molecule has 0 aliphatic rings. The van der Waals surface area contributed by atoms with Gasteiger partial charge in [-0.15, -0.1) is 11.6 Å². The first-order valence-corrected chi connectivity index (χ1v) is 6.87. The van der Waals surface area contributed by atoms with Crippen LogP contribution >= 0.6 is 22.3 Å². The number of nitro benzene ring substituents is 1. The Morgan fingerprint density at radius 1 is 1.47 bits per heavy atom. The fourth-order valence-corrected chi connectivity index (χ4v) is 2.42. The number of nitrogens with zero attached hydrogens (tertiary/aromatic N) is 2. The van der Waals surface area contributed by atoms with E-state index in [1.165, 1.54) is 0 Å². The molecule has 0 atom stereocenters. The summed E-state index contributed by atoms with van der Waals surface area (Å²) in [5, 5.41) is 19.4. The number of halogens is 2. The van der Waals surface area contributed by atoms with Gasteiger partial charge in [0, 0.05) is 22.6 Å². The zero-order valence-corrected chi connectivity index (χ0v) is 10.4. The molecular formula is C8H4Cl2N2O4S. The third-order valence-electron chi connectivity index (χ3n) is 1.91. The summed E-state index contributed by atoms with van der Waals surface area (Å²) in [6, 6.07) is 3.47. The molecule has 0 aliphatic heterocycles. The molecule has 0 spiro atoms. The van der Waals surface area contributed by atoms with Gasteiger partial charge in [0.2, 0.25) is 0 Å². The maximum absolute atomic E-state index is 11.2. The molecule has 6 nitrogen and oxygen atoms in total. The normalized spacial score (nSPS) is 10.9. The lowest BCUT2D eigenvalue weighted by Gasteiger charge is -2.03. The molecule has 0 saturated carbocycles. The van der Waals surface area contributed by atoms with Crippen LogP contribution in [0.2, 0.25) is 0 Å². The standard InChI is InChI=1S/C8H4Cl2N2O4S/c9-3-5-2-8(17(10,15)16)7(12(13)14)1-6(5)4-11/h1-2H,3H2. The lowest BCUT2D eigenvalue weighted by atomic mass is 10.1. The van der Waals surface area contributed by atoms with Crippen LogP contribution in [0.4, 0.5) is 5.69 Å². The fraction of sp³-hybridized carbons (Fsp3) is 0.125. The topological polar surface area (TPSA) is 101 Å². The molecule has 0 radical (unpaired) electrons. The van der Waals surface area contributed by atoms with Gasteiger partial charge in [0.05, 0.1) is 16.6 Å². The highest BCUT2D eigenvalue weighted by Crippen LogP contribution is 2.30. The van der Waals surface area contributed by atoms with E-state index < -0.39 is 24.6 Å². The van der Waals surface area contributed by atoms with Crippen LogP contribution < -0.4 is 0 Å². The predicted octanol–water partition coefficient (Wildman–Crippen LogP) is 2.13. The summed E-state index contributed by atoms with van der Waals surface area (Å²) < 4.78 is 22.3. The number of nitriles is 1. The van der Waals surface area contributed by atoms with Gasteiger partial charge in [0.15, 0.2) is 4.90 Å². The number of rotatable bonds is 3. The second-order valence-corrected chi connectivity index (χ2v) is 5.72. The number of alkyl halides is 1. The Balaban J connectivity index is 3.71. The monoisotopic (exact) mass is 294 g/mol. The molecule has 0 N–H and O–H groups in total. The lowest BCUT2D eigenvalue weighted by molar-refractivity contribution is -0.387. The highest BCUT2D eigenvalue weighted by atomic mass is 35.7. The van der Waals surface area contributed by atoms with E-state index in [9.17, 15) is 18.5 Å². The third-order valence-corrected chi connectivity index (χ3v) is 3.55. The van der Waals surface area contributed by atoms with E-state index in [0.717, 1.165) is 12.1 Å². The van der Waals surface area contributed by atoms with Crippen molar-refractivity contribution in [3.05, 3.63) is 33.4 Å². The van der Waals surface area contributed by atoms with Crippen LogP contribution in [0, 0.1) is 21.4 Å². The summed E-state index contributed by atoms with van der Waals surface area (Å²) in [5.74, 6) is -0.152. The highest BCUT2D eigenvalue weighted by molar-refractivity contribution is 8.13. The molecule has 0 bridgehead atoms. The smallest absolute Gasteiger partial charge is 0.258 e. The van der Waals surface area contributed by atoms with Crippen LogP contribution in [0.1, 0.15) is 11.1 Å². The molecule has 0 saturated heterocycles. The van der Waals surface area contributed by atoms with Crippen molar-refractivity contribution in [2.45, 2.75) is 10.8 Å². The zero-order chi connectivity index (χ0) is 13.2. The molecule has 0 aromatic heterocycles. The van der Waals surface area contributed by atoms with Gasteiger partial charge in [-0.3, -0.25) is 10.1 Å². The van der Waals surface area contributed by atoms with E-state index in [-0.39, 0.29) is 17.0 Å². The Labute approximate surface area is 106 Å². The van der Waals surface area contributed by atoms with Gasteiger partial charge in [-0.05, 0) is 11.6 Å². The van der Waals surface area contributed by atoms with E-state index in [1.54, 1.807) is 6.07 Å². The number of benzene rings is 1. The summed E-state index contributed by atoms with van der Waals surface area (Å²) in [5.41, 5.74) is -0.639. The summed E-state index contributed by atoms with van der Waals surface area (Å²) in [7, 11) is 0.800. The average Bonchev–Trinajstić information content (AvgIpc) is 2.25. The van der Waals surface area contributed by atoms with E-state index in [1.807, 2.05) is 0 Å². The van der Waals surface area contributed by atoms with Gasteiger partial charge in [-0.2, -0.15) is 5.26 Å². The number of hydrogen-bond acceptors (Lipinski definition) is 5. The summed E-state index contributed by atoms with van der Waals surface area (Å²) in [6.45, 7) is 0. The fourth-order valence-electron chi connectivity index (χ4n) is 1.16. The molecule has 17 heavy (non-hydrogen) atoms. The SMILES string of the molecule is N#Cc1cc([N+](=O)[O-])c(S(=O)(=O)Cl)cc1CCl. The van der Waals surface area contributed by atoms with Crippen molar-refractivity contribution < 1.29 is 13.3 Å². The molecule has 0 fully saturated rings. The van der Waals surface area contributed by atoms with Gasteiger partial charge < -0.3 is 0 Å². The van der Waals surface area contributed by atoms with Crippen molar-refractivity contribution in [3.8, 4) is 6.07 Å². The lowest BCUT2D eigenvalue weighted by Crippen LogP contribution is -2.02. The van der Waals surface area contributed by atoms with Crippen LogP contribution in [0.5, 0.6) is 0 Å². The maximum Gasteiger partial charge on any atom is 0.290 e. The highest BCUT2D eigenvalue weighted by Gasteiger charge is 2.26. The quantitative estimate of drug-likeness (QED) is 0.368. The maximum atomic E-state index is 11.2. The van der Waals surface area contributed by atoms with Crippen molar-refractivity contribution in [2.75, 3.05) is 0 Å². The first kappa shape index (κ1) is 13.7. The summed E-state index contributed by atoms with van der Waals surface area (Å²) in [4.78, 5) is 9.09.